The van der Waals surface area contributed by atoms with Crippen LogP contribution in [0.2, 0.25) is 0 Å². The molecule has 94 valence electrons. The fraction of sp³-hybridized carbons (Fsp3) is 0.500. The molecule has 0 spiro atoms. The maximum Gasteiger partial charge on any atom is 0.145 e. The van der Waals surface area contributed by atoms with Crippen LogP contribution >= 0.6 is 0 Å². The zero-order chi connectivity index (χ0) is 12.9. The Labute approximate surface area is 107 Å². The molecule has 2 nitrogen and oxygen atoms in total. The maximum absolute atomic E-state index is 12.0. The number of nitrogens with zero attached hydrogens (tertiary/aromatic N) is 1. The molecule has 0 radical (unpaired) electrons. The second-order valence-corrected chi connectivity index (χ2v) is 6.92. The van der Waals surface area contributed by atoms with Gasteiger partial charge in [0.15, 0.2) is 0 Å². The van der Waals surface area contributed by atoms with Crippen LogP contribution in [0.1, 0.15) is 46.1 Å². The first-order valence-electron chi connectivity index (χ1n) is 6.00. The highest BCUT2D eigenvalue weighted by atomic mass is 32.2. The van der Waals surface area contributed by atoms with Crippen molar-refractivity contribution in [2.45, 2.75) is 45.3 Å². The average molecular weight is 251 g/mol. The zero-order valence-electron chi connectivity index (χ0n) is 11.1. The van der Waals surface area contributed by atoms with Crippen LogP contribution in [-0.2, 0) is 11.0 Å². The molecule has 1 rings (SSSR count). The Hall–Kier alpha value is -0.960. The molecule has 0 saturated heterocycles. The molecule has 1 atom stereocenters. The molecule has 17 heavy (non-hydrogen) atoms. The molecular formula is C14H21NOS. The van der Waals surface area contributed by atoms with Crippen molar-refractivity contribution in [3.05, 3.63) is 35.9 Å². The largest absolute Gasteiger partial charge is 0.234 e. The SMILES string of the molecule is CCCC(=N[S@@](=O)C(C)(C)C)c1ccccc1. The van der Waals surface area contributed by atoms with Crippen molar-refractivity contribution in [3.63, 3.8) is 0 Å². The number of benzene rings is 1. The minimum absolute atomic E-state index is 0.298. The maximum atomic E-state index is 12.0. The van der Waals surface area contributed by atoms with Crippen molar-refractivity contribution >= 4 is 16.7 Å². The molecule has 0 unspecified atom stereocenters. The first-order chi connectivity index (χ1) is 7.95. The lowest BCUT2D eigenvalue weighted by Crippen LogP contribution is -2.21. The summed E-state index contributed by atoms with van der Waals surface area (Å²) in [4.78, 5) is 0. The van der Waals surface area contributed by atoms with Gasteiger partial charge in [0.1, 0.15) is 11.0 Å². The first-order valence-corrected chi connectivity index (χ1v) is 7.11. The van der Waals surface area contributed by atoms with Gasteiger partial charge in [-0.3, -0.25) is 0 Å². The topological polar surface area (TPSA) is 29.4 Å². The van der Waals surface area contributed by atoms with Gasteiger partial charge in [0.2, 0.25) is 0 Å². The highest BCUT2D eigenvalue weighted by molar-refractivity contribution is 7.85. The van der Waals surface area contributed by atoms with Crippen LogP contribution in [0.15, 0.2) is 34.7 Å². The fourth-order valence-electron chi connectivity index (χ4n) is 1.35. The van der Waals surface area contributed by atoms with Crippen molar-refractivity contribution in [1.82, 2.24) is 0 Å². The third-order valence-electron chi connectivity index (χ3n) is 2.31. The third-order valence-corrected chi connectivity index (χ3v) is 3.74. The van der Waals surface area contributed by atoms with Crippen molar-refractivity contribution in [2.75, 3.05) is 0 Å². The van der Waals surface area contributed by atoms with Gasteiger partial charge in [-0.05, 0) is 32.8 Å². The molecule has 0 amide bonds. The molecule has 0 N–H and O–H groups in total. The van der Waals surface area contributed by atoms with Gasteiger partial charge in [0.25, 0.3) is 0 Å². The van der Waals surface area contributed by atoms with E-state index in [1.807, 2.05) is 51.1 Å². The molecule has 0 saturated carbocycles. The smallest absolute Gasteiger partial charge is 0.145 e. The predicted molar refractivity (Wildman–Crippen MR) is 75.8 cm³/mol. The Morgan fingerprint density at radius 2 is 1.82 bits per heavy atom. The Kier molecular flexibility index (Phi) is 5.06. The van der Waals surface area contributed by atoms with Crippen molar-refractivity contribution in [3.8, 4) is 0 Å². The summed E-state index contributed by atoms with van der Waals surface area (Å²) in [5.74, 6) is 0. The van der Waals surface area contributed by atoms with E-state index in [-0.39, 0.29) is 4.75 Å². The summed E-state index contributed by atoms with van der Waals surface area (Å²) >= 11 is 0. The standard InChI is InChI=1S/C14H21NOS/c1-5-9-13(12-10-7-6-8-11-12)15-17(16)14(2,3)4/h6-8,10-11H,5,9H2,1-4H3/t17-/m0/s1. The van der Waals surface area contributed by atoms with Gasteiger partial charge in [-0.1, -0.05) is 43.7 Å². The summed E-state index contributed by atoms with van der Waals surface area (Å²) in [6, 6.07) is 10.00. The molecule has 3 heteroatoms. The van der Waals surface area contributed by atoms with Gasteiger partial charge in [-0.2, -0.15) is 4.40 Å². The highest BCUT2D eigenvalue weighted by Gasteiger charge is 2.19. The quantitative estimate of drug-likeness (QED) is 0.750. The van der Waals surface area contributed by atoms with E-state index < -0.39 is 11.0 Å². The normalized spacial score (nSPS) is 14.7. The predicted octanol–water partition coefficient (Wildman–Crippen LogP) is 3.74. The van der Waals surface area contributed by atoms with Gasteiger partial charge < -0.3 is 0 Å². The Bertz CT molecular complexity index is 404. The Morgan fingerprint density at radius 1 is 1.24 bits per heavy atom. The minimum Gasteiger partial charge on any atom is -0.234 e. The average Bonchev–Trinajstić information content (AvgIpc) is 2.28. The van der Waals surface area contributed by atoms with E-state index in [0.29, 0.717) is 0 Å². The molecule has 1 aromatic carbocycles. The van der Waals surface area contributed by atoms with Crippen LogP contribution in [0.25, 0.3) is 0 Å². The van der Waals surface area contributed by atoms with E-state index in [2.05, 4.69) is 11.3 Å². The third kappa shape index (κ3) is 4.43. The summed E-state index contributed by atoms with van der Waals surface area (Å²) in [6.45, 7) is 7.95. The molecule has 0 aromatic heterocycles. The minimum atomic E-state index is -1.18. The van der Waals surface area contributed by atoms with Gasteiger partial charge in [0, 0.05) is 0 Å². The van der Waals surface area contributed by atoms with E-state index in [9.17, 15) is 4.21 Å². The van der Waals surface area contributed by atoms with Crippen LogP contribution in [0, 0.1) is 0 Å². The highest BCUT2D eigenvalue weighted by Crippen LogP contribution is 2.15. The van der Waals surface area contributed by atoms with E-state index >= 15 is 0 Å². The lowest BCUT2D eigenvalue weighted by atomic mass is 10.1. The summed E-state index contributed by atoms with van der Waals surface area (Å²) in [7, 11) is -1.18. The van der Waals surface area contributed by atoms with Crippen LogP contribution in [0.3, 0.4) is 0 Å². The first kappa shape index (κ1) is 14.1. The van der Waals surface area contributed by atoms with Crippen LogP contribution in [0.5, 0.6) is 0 Å². The zero-order valence-corrected chi connectivity index (χ0v) is 11.9. The van der Waals surface area contributed by atoms with Crippen LogP contribution < -0.4 is 0 Å². The lowest BCUT2D eigenvalue weighted by Gasteiger charge is -2.15. The van der Waals surface area contributed by atoms with Gasteiger partial charge in [-0.15, -0.1) is 0 Å². The second kappa shape index (κ2) is 6.10. The van der Waals surface area contributed by atoms with Crippen LogP contribution in [0.4, 0.5) is 0 Å². The van der Waals surface area contributed by atoms with E-state index in [1.54, 1.807) is 0 Å². The van der Waals surface area contributed by atoms with Crippen molar-refractivity contribution < 1.29 is 4.21 Å². The number of hydrogen-bond acceptors (Lipinski definition) is 1. The van der Waals surface area contributed by atoms with Gasteiger partial charge in [-0.25, -0.2) is 4.21 Å². The molecule has 0 aliphatic carbocycles. The summed E-state index contributed by atoms with van der Waals surface area (Å²) < 4.78 is 16.1. The van der Waals surface area contributed by atoms with E-state index in [4.69, 9.17) is 0 Å². The van der Waals surface area contributed by atoms with E-state index in [1.165, 1.54) is 0 Å². The van der Waals surface area contributed by atoms with Gasteiger partial charge in [0.05, 0.1) is 10.5 Å². The fourth-order valence-corrected chi connectivity index (χ4v) is 2.02. The molecule has 0 fully saturated rings. The Balaban J connectivity index is 3.02. The molecule has 0 bridgehead atoms. The summed E-state index contributed by atoms with van der Waals surface area (Å²) in [5, 5.41) is 0. The molecule has 0 aliphatic rings. The number of hydrogen-bond donors (Lipinski definition) is 0. The summed E-state index contributed by atoms with van der Waals surface area (Å²) in [5.41, 5.74) is 2.02. The molecular weight excluding hydrogens is 230 g/mol. The molecule has 0 aliphatic heterocycles. The van der Waals surface area contributed by atoms with E-state index in [0.717, 1.165) is 24.1 Å². The second-order valence-electron chi connectivity index (χ2n) is 5.02. The van der Waals surface area contributed by atoms with Gasteiger partial charge >= 0.3 is 0 Å². The molecule has 1 aromatic rings. The van der Waals surface area contributed by atoms with Crippen molar-refractivity contribution in [2.24, 2.45) is 4.40 Å². The van der Waals surface area contributed by atoms with Crippen molar-refractivity contribution in [1.29, 1.82) is 0 Å². The summed E-state index contributed by atoms with van der Waals surface area (Å²) in [6.07, 6.45) is 1.88. The molecule has 0 heterocycles. The van der Waals surface area contributed by atoms with Crippen LogP contribution in [-0.4, -0.2) is 14.7 Å². The Morgan fingerprint density at radius 3 is 2.29 bits per heavy atom. The monoisotopic (exact) mass is 251 g/mol. The lowest BCUT2D eigenvalue weighted by molar-refractivity contribution is 0.650. The number of rotatable bonds is 4.